The first kappa shape index (κ1) is 19.5. The van der Waals surface area contributed by atoms with Gasteiger partial charge in [0.25, 0.3) is 0 Å². The van der Waals surface area contributed by atoms with Gasteiger partial charge in [0.2, 0.25) is 17.6 Å². The Morgan fingerprint density at radius 2 is 1.84 bits per heavy atom. The van der Waals surface area contributed by atoms with Crippen LogP contribution >= 0.6 is 0 Å². The molecule has 0 spiro atoms. The first-order valence-electron chi connectivity index (χ1n) is 10.6. The largest absolute Gasteiger partial charge is 0.338 e. The summed E-state index contributed by atoms with van der Waals surface area (Å²) in [5.41, 5.74) is 1.77. The van der Waals surface area contributed by atoms with Crippen LogP contribution in [0.4, 0.5) is 5.69 Å². The smallest absolute Gasteiger partial charge is 0.241 e. The number of hydrogen-bond donors (Lipinski definition) is 1. The zero-order valence-electron chi connectivity index (χ0n) is 17.2. The minimum absolute atomic E-state index is 0.0586. The molecule has 156 valence electrons. The van der Waals surface area contributed by atoms with E-state index in [2.05, 4.69) is 32.5 Å². The molecule has 31 heavy (non-hydrogen) atoms. The second-order valence-corrected chi connectivity index (χ2v) is 8.00. The molecule has 1 aliphatic heterocycles. The maximum atomic E-state index is 12.9. The molecule has 4 aromatic rings. The van der Waals surface area contributed by atoms with Crippen LogP contribution in [0.25, 0.3) is 22.2 Å². The summed E-state index contributed by atoms with van der Waals surface area (Å²) in [6.07, 6.45) is 1.85. The summed E-state index contributed by atoms with van der Waals surface area (Å²) in [6.45, 7) is 2.16. The second kappa shape index (κ2) is 8.70. The Labute approximate surface area is 180 Å². The maximum Gasteiger partial charge on any atom is 0.241 e. The van der Waals surface area contributed by atoms with Crippen molar-refractivity contribution in [3.05, 3.63) is 78.7 Å². The van der Waals surface area contributed by atoms with Crippen LogP contribution in [-0.4, -0.2) is 34.0 Å². The lowest BCUT2D eigenvalue weighted by atomic mass is 9.97. The van der Waals surface area contributed by atoms with E-state index in [1.165, 1.54) is 5.39 Å². The third-order valence-corrected chi connectivity index (χ3v) is 5.75. The number of nitrogens with zero attached hydrogens (tertiary/aromatic N) is 3. The number of rotatable bonds is 5. The number of carbonyl (C=O) groups excluding carboxylic acids is 1. The van der Waals surface area contributed by atoms with Crippen LogP contribution in [0.2, 0.25) is 0 Å². The highest BCUT2D eigenvalue weighted by atomic mass is 16.5. The van der Waals surface area contributed by atoms with Crippen molar-refractivity contribution in [1.82, 2.24) is 15.0 Å². The Hall–Kier alpha value is -3.51. The molecular formula is C25H24N4O2. The van der Waals surface area contributed by atoms with Crippen molar-refractivity contribution in [2.75, 3.05) is 18.4 Å². The second-order valence-electron chi connectivity index (χ2n) is 8.00. The van der Waals surface area contributed by atoms with Gasteiger partial charge >= 0.3 is 0 Å². The van der Waals surface area contributed by atoms with E-state index in [1.54, 1.807) is 0 Å². The van der Waals surface area contributed by atoms with E-state index in [4.69, 9.17) is 4.52 Å². The van der Waals surface area contributed by atoms with E-state index in [9.17, 15) is 4.79 Å². The van der Waals surface area contributed by atoms with Crippen LogP contribution in [0, 0.1) is 5.92 Å². The molecule has 0 saturated carbocycles. The van der Waals surface area contributed by atoms with Gasteiger partial charge in [-0.1, -0.05) is 65.8 Å². The van der Waals surface area contributed by atoms with Crippen LogP contribution in [0.3, 0.4) is 0 Å². The van der Waals surface area contributed by atoms with Gasteiger partial charge in [0.1, 0.15) is 0 Å². The molecule has 6 nitrogen and oxygen atoms in total. The number of fused-ring (bicyclic) bond motifs is 1. The van der Waals surface area contributed by atoms with Crippen molar-refractivity contribution in [2.24, 2.45) is 5.92 Å². The van der Waals surface area contributed by atoms with E-state index in [0.29, 0.717) is 24.8 Å². The molecule has 5 rings (SSSR count). The lowest BCUT2D eigenvalue weighted by Gasteiger charge is -2.30. The predicted molar refractivity (Wildman–Crippen MR) is 120 cm³/mol. The summed E-state index contributed by atoms with van der Waals surface area (Å²) in [5.74, 6) is 1.18. The maximum absolute atomic E-state index is 12.9. The Balaban J connectivity index is 1.21. The lowest BCUT2D eigenvalue weighted by Crippen LogP contribution is -2.40. The zero-order chi connectivity index (χ0) is 21.0. The summed E-state index contributed by atoms with van der Waals surface area (Å²) in [4.78, 5) is 19.6. The fourth-order valence-electron chi connectivity index (χ4n) is 4.14. The standard InChI is InChI=1S/C25H24N4O2/c30-25(26-22-13-12-18-7-4-5-10-20(18)15-22)21-11-6-14-29(16-21)17-23-27-24(28-31-23)19-8-2-1-3-9-19/h1-5,7-10,12-13,15,21H,6,11,14,16-17H2,(H,26,30). The Morgan fingerprint density at radius 3 is 2.71 bits per heavy atom. The topological polar surface area (TPSA) is 71.3 Å². The van der Waals surface area contributed by atoms with Gasteiger partial charge in [-0.05, 0) is 42.3 Å². The fourth-order valence-corrected chi connectivity index (χ4v) is 4.14. The number of aromatic nitrogens is 2. The third kappa shape index (κ3) is 4.49. The molecule has 1 unspecified atom stereocenters. The van der Waals surface area contributed by atoms with E-state index in [-0.39, 0.29) is 11.8 Å². The molecule has 1 atom stereocenters. The molecule has 1 fully saturated rings. The van der Waals surface area contributed by atoms with Crippen LogP contribution in [0.1, 0.15) is 18.7 Å². The normalized spacial score (nSPS) is 17.0. The molecule has 3 aromatic carbocycles. The third-order valence-electron chi connectivity index (χ3n) is 5.75. The van der Waals surface area contributed by atoms with Crippen molar-refractivity contribution >= 4 is 22.4 Å². The van der Waals surface area contributed by atoms with E-state index in [1.807, 2.05) is 60.7 Å². The number of hydrogen-bond acceptors (Lipinski definition) is 5. The zero-order valence-corrected chi connectivity index (χ0v) is 17.2. The van der Waals surface area contributed by atoms with Gasteiger partial charge in [-0.2, -0.15) is 4.98 Å². The summed E-state index contributed by atoms with van der Waals surface area (Å²) in [7, 11) is 0. The van der Waals surface area contributed by atoms with Crippen molar-refractivity contribution in [3.8, 4) is 11.4 Å². The van der Waals surface area contributed by atoms with Gasteiger partial charge in [-0.25, -0.2) is 0 Å². The molecule has 2 heterocycles. The minimum Gasteiger partial charge on any atom is -0.338 e. The van der Waals surface area contributed by atoms with E-state index in [0.717, 1.165) is 36.0 Å². The SMILES string of the molecule is O=C(Nc1ccc2ccccc2c1)C1CCCN(Cc2nc(-c3ccccc3)no2)C1. The van der Waals surface area contributed by atoms with Gasteiger partial charge in [-0.3, -0.25) is 9.69 Å². The van der Waals surface area contributed by atoms with Crippen LogP contribution < -0.4 is 5.32 Å². The number of anilines is 1. The Kier molecular flexibility index (Phi) is 5.46. The van der Waals surface area contributed by atoms with Crippen molar-refractivity contribution in [2.45, 2.75) is 19.4 Å². The highest BCUT2D eigenvalue weighted by Gasteiger charge is 2.27. The molecular weight excluding hydrogens is 388 g/mol. The van der Waals surface area contributed by atoms with Crippen molar-refractivity contribution in [3.63, 3.8) is 0 Å². The van der Waals surface area contributed by atoms with Gasteiger partial charge in [0, 0.05) is 17.8 Å². The molecule has 1 amide bonds. The Morgan fingerprint density at radius 1 is 1.03 bits per heavy atom. The molecule has 0 radical (unpaired) electrons. The first-order valence-corrected chi connectivity index (χ1v) is 10.6. The van der Waals surface area contributed by atoms with Crippen LogP contribution in [0.5, 0.6) is 0 Å². The highest BCUT2D eigenvalue weighted by molar-refractivity contribution is 5.95. The van der Waals surface area contributed by atoms with Crippen molar-refractivity contribution in [1.29, 1.82) is 0 Å². The summed E-state index contributed by atoms with van der Waals surface area (Å²) < 4.78 is 5.45. The molecule has 1 aromatic heterocycles. The van der Waals surface area contributed by atoms with Gasteiger partial charge in [0.15, 0.2) is 0 Å². The summed E-state index contributed by atoms with van der Waals surface area (Å²) in [6, 6.07) is 24.0. The number of piperidine rings is 1. The van der Waals surface area contributed by atoms with Crippen LogP contribution in [-0.2, 0) is 11.3 Å². The highest BCUT2D eigenvalue weighted by Crippen LogP contribution is 2.23. The van der Waals surface area contributed by atoms with E-state index >= 15 is 0 Å². The number of benzene rings is 3. The van der Waals surface area contributed by atoms with E-state index < -0.39 is 0 Å². The van der Waals surface area contributed by atoms with Crippen LogP contribution in [0.15, 0.2) is 77.3 Å². The Bertz CT molecular complexity index is 1190. The number of nitrogens with one attached hydrogen (secondary N) is 1. The number of carbonyl (C=O) groups is 1. The first-order chi connectivity index (χ1) is 15.2. The monoisotopic (exact) mass is 412 g/mol. The molecule has 1 aliphatic rings. The van der Waals surface area contributed by atoms with Crippen molar-refractivity contribution < 1.29 is 9.32 Å². The molecule has 1 N–H and O–H groups in total. The minimum atomic E-state index is -0.0586. The van der Waals surface area contributed by atoms with Gasteiger partial charge < -0.3 is 9.84 Å². The fraction of sp³-hybridized carbons (Fsp3) is 0.240. The number of amides is 1. The average molecular weight is 412 g/mol. The lowest BCUT2D eigenvalue weighted by molar-refractivity contribution is -0.121. The van der Waals surface area contributed by atoms with Gasteiger partial charge in [0.05, 0.1) is 12.5 Å². The summed E-state index contributed by atoms with van der Waals surface area (Å²) in [5, 5.41) is 9.48. The number of likely N-dealkylation sites (tertiary alicyclic amines) is 1. The molecule has 1 saturated heterocycles. The summed E-state index contributed by atoms with van der Waals surface area (Å²) >= 11 is 0. The average Bonchev–Trinajstić information content (AvgIpc) is 3.28. The molecule has 6 heteroatoms. The van der Waals surface area contributed by atoms with Gasteiger partial charge in [-0.15, -0.1) is 0 Å². The molecule has 0 aliphatic carbocycles. The predicted octanol–water partition coefficient (Wildman–Crippen LogP) is 4.74. The quantitative estimate of drug-likeness (QED) is 0.513. The molecule has 0 bridgehead atoms.